The van der Waals surface area contributed by atoms with Crippen LogP contribution in [0.15, 0.2) is 24.3 Å². The van der Waals surface area contributed by atoms with E-state index in [2.05, 4.69) is 10.6 Å². The van der Waals surface area contributed by atoms with Crippen LogP contribution in [0.4, 0.5) is 4.79 Å². The van der Waals surface area contributed by atoms with Gasteiger partial charge in [-0.2, -0.15) is 0 Å². The second kappa shape index (κ2) is 10.8. The predicted octanol–water partition coefficient (Wildman–Crippen LogP) is 1.74. The molecule has 26 heavy (non-hydrogen) atoms. The minimum absolute atomic E-state index is 0.257. The zero-order chi connectivity index (χ0) is 19.5. The Morgan fingerprint density at radius 1 is 1.15 bits per heavy atom. The Balaban J connectivity index is 2.50. The SMILES string of the molecule is COc1ccc(OC)c(/C=C/C(=O)OCC(=O)NC(=O)NCC(C)C)c1. The zero-order valence-electron chi connectivity index (χ0n) is 15.3. The van der Waals surface area contributed by atoms with Crippen LogP contribution in [0.5, 0.6) is 11.5 Å². The van der Waals surface area contributed by atoms with Crippen molar-refractivity contribution in [2.45, 2.75) is 13.8 Å². The van der Waals surface area contributed by atoms with Crippen molar-refractivity contribution in [1.82, 2.24) is 10.6 Å². The summed E-state index contributed by atoms with van der Waals surface area (Å²) in [6, 6.07) is 4.49. The monoisotopic (exact) mass is 364 g/mol. The highest BCUT2D eigenvalue weighted by Gasteiger charge is 2.10. The molecule has 0 bridgehead atoms. The molecule has 0 saturated carbocycles. The molecule has 0 aliphatic carbocycles. The third-order valence-corrected chi connectivity index (χ3v) is 3.11. The fraction of sp³-hybridized carbons (Fsp3) is 0.389. The van der Waals surface area contributed by atoms with Gasteiger partial charge in [-0.05, 0) is 30.2 Å². The predicted molar refractivity (Wildman–Crippen MR) is 95.9 cm³/mol. The molecule has 0 spiro atoms. The summed E-state index contributed by atoms with van der Waals surface area (Å²) in [5.41, 5.74) is 0.612. The Labute approximate surface area is 152 Å². The van der Waals surface area contributed by atoms with Gasteiger partial charge < -0.3 is 19.5 Å². The molecule has 0 aliphatic rings. The summed E-state index contributed by atoms with van der Waals surface area (Å²) >= 11 is 0. The number of benzene rings is 1. The number of nitrogens with one attached hydrogen (secondary N) is 2. The molecule has 0 aliphatic heterocycles. The van der Waals surface area contributed by atoms with E-state index in [4.69, 9.17) is 14.2 Å². The number of urea groups is 1. The Morgan fingerprint density at radius 3 is 2.50 bits per heavy atom. The molecule has 0 atom stereocenters. The highest BCUT2D eigenvalue weighted by molar-refractivity contribution is 5.96. The third kappa shape index (κ3) is 7.69. The van der Waals surface area contributed by atoms with E-state index in [1.807, 2.05) is 13.8 Å². The van der Waals surface area contributed by atoms with Crippen LogP contribution < -0.4 is 20.1 Å². The molecule has 0 heterocycles. The van der Waals surface area contributed by atoms with Crippen LogP contribution in [-0.2, 0) is 14.3 Å². The van der Waals surface area contributed by atoms with Crippen LogP contribution in [-0.4, -0.2) is 45.3 Å². The van der Waals surface area contributed by atoms with E-state index in [1.165, 1.54) is 20.3 Å². The molecular formula is C18H24N2O6. The topological polar surface area (TPSA) is 103 Å². The fourth-order valence-corrected chi connectivity index (χ4v) is 1.82. The average molecular weight is 364 g/mol. The van der Waals surface area contributed by atoms with E-state index in [0.29, 0.717) is 23.6 Å². The first-order chi connectivity index (χ1) is 12.3. The molecule has 0 radical (unpaired) electrons. The van der Waals surface area contributed by atoms with Gasteiger partial charge in [0.2, 0.25) is 0 Å². The number of esters is 1. The molecule has 2 N–H and O–H groups in total. The minimum atomic E-state index is -0.729. The van der Waals surface area contributed by atoms with Crippen molar-refractivity contribution < 1.29 is 28.6 Å². The van der Waals surface area contributed by atoms with Gasteiger partial charge in [-0.3, -0.25) is 10.1 Å². The smallest absolute Gasteiger partial charge is 0.331 e. The van der Waals surface area contributed by atoms with Crippen LogP contribution in [0.3, 0.4) is 0 Å². The normalized spacial score (nSPS) is 10.5. The van der Waals surface area contributed by atoms with Gasteiger partial charge in [-0.1, -0.05) is 13.8 Å². The molecule has 8 nitrogen and oxygen atoms in total. The number of imide groups is 1. The highest BCUT2D eigenvalue weighted by Crippen LogP contribution is 2.25. The van der Waals surface area contributed by atoms with Gasteiger partial charge in [-0.25, -0.2) is 9.59 Å². The van der Waals surface area contributed by atoms with Gasteiger partial charge in [0, 0.05) is 18.2 Å². The number of ether oxygens (including phenoxy) is 3. The van der Waals surface area contributed by atoms with Crippen molar-refractivity contribution in [3.05, 3.63) is 29.8 Å². The molecule has 3 amide bonds. The summed E-state index contributed by atoms with van der Waals surface area (Å²) in [5, 5.41) is 4.59. The number of carbonyl (C=O) groups excluding carboxylic acids is 3. The van der Waals surface area contributed by atoms with Crippen LogP contribution in [0.1, 0.15) is 19.4 Å². The molecule has 1 aromatic rings. The minimum Gasteiger partial charge on any atom is -0.497 e. The summed E-state index contributed by atoms with van der Waals surface area (Å²) in [6.45, 7) is 3.72. The second-order valence-corrected chi connectivity index (χ2v) is 5.70. The van der Waals surface area contributed by atoms with E-state index < -0.39 is 24.5 Å². The van der Waals surface area contributed by atoms with Crippen molar-refractivity contribution in [2.24, 2.45) is 5.92 Å². The largest absolute Gasteiger partial charge is 0.497 e. The summed E-state index contributed by atoms with van der Waals surface area (Å²) in [7, 11) is 3.03. The lowest BCUT2D eigenvalue weighted by atomic mass is 10.1. The zero-order valence-corrected chi connectivity index (χ0v) is 15.3. The van der Waals surface area contributed by atoms with Crippen molar-refractivity contribution in [1.29, 1.82) is 0 Å². The molecule has 0 saturated heterocycles. The Morgan fingerprint density at radius 2 is 1.88 bits per heavy atom. The first-order valence-corrected chi connectivity index (χ1v) is 8.00. The maximum atomic E-state index is 11.7. The quantitative estimate of drug-likeness (QED) is 0.538. The van der Waals surface area contributed by atoms with Crippen molar-refractivity contribution >= 4 is 24.0 Å². The maximum Gasteiger partial charge on any atom is 0.331 e. The molecule has 8 heteroatoms. The lowest BCUT2D eigenvalue weighted by Crippen LogP contribution is -2.42. The van der Waals surface area contributed by atoms with Crippen molar-refractivity contribution in [3.8, 4) is 11.5 Å². The summed E-state index contributed by atoms with van der Waals surface area (Å²) < 4.78 is 15.1. The third-order valence-electron chi connectivity index (χ3n) is 3.11. The van der Waals surface area contributed by atoms with Crippen molar-refractivity contribution in [3.63, 3.8) is 0 Å². The number of amides is 3. The average Bonchev–Trinajstić information content (AvgIpc) is 2.62. The van der Waals surface area contributed by atoms with Gasteiger partial charge in [-0.15, -0.1) is 0 Å². The maximum absolute atomic E-state index is 11.7. The summed E-state index contributed by atoms with van der Waals surface area (Å²) in [6.07, 6.45) is 2.64. The lowest BCUT2D eigenvalue weighted by Gasteiger charge is -2.08. The van der Waals surface area contributed by atoms with Crippen molar-refractivity contribution in [2.75, 3.05) is 27.4 Å². The number of hydrogen-bond acceptors (Lipinski definition) is 6. The van der Waals surface area contributed by atoms with E-state index >= 15 is 0 Å². The highest BCUT2D eigenvalue weighted by atomic mass is 16.5. The Bertz CT molecular complexity index is 670. The van der Waals surface area contributed by atoms with E-state index in [1.54, 1.807) is 18.2 Å². The first-order valence-electron chi connectivity index (χ1n) is 8.00. The molecule has 1 aromatic carbocycles. The standard InChI is InChI=1S/C18H24N2O6/c1-12(2)10-19-18(23)20-16(21)11-26-17(22)8-5-13-9-14(24-3)6-7-15(13)25-4/h5-9,12H,10-11H2,1-4H3,(H2,19,20,21,23)/b8-5+. The molecular weight excluding hydrogens is 340 g/mol. The van der Waals surface area contributed by atoms with Crippen LogP contribution >= 0.6 is 0 Å². The lowest BCUT2D eigenvalue weighted by molar-refractivity contribution is -0.143. The number of hydrogen-bond donors (Lipinski definition) is 2. The van der Waals surface area contributed by atoms with Crippen LogP contribution in [0.2, 0.25) is 0 Å². The summed E-state index contributed by atoms with van der Waals surface area (Å²) in [4.78, 5) is 34.7. The molecule has 0 unspecified atom stereocenters. The number of methoxy groups -OCH3 is 2. The van der Waals surface area contributed by atoms with Gasteiger partial charge in [0.25, 0.3) is 5.91 Å². The van der Waals surface area contributed by atoms with Gasteiger partial charge in [0.05, 0.1) is 14.2 Å². The number of rotatable bonds is 8. The number of carbonyl (C=O) groups is 3. The van der Waals surface area contributed by atoms with Gasteiger partial charge in [0.15, 0.2) is 6.61 Å². The van der Waals surface area contributed by atoms with Gasteiger partial charge in [0.1, 0.15) is 11.5 Å². The van der Waals surface area contributed by atoms with E-state index in [9.17, 15) is 14.4 Å². The molecule has 0 fully saturated rings. The van der Waals surface area contributed by atoms with Crippen LogP contribution in [0.25, 0.3) is 6.08 Å². The Hall–Kier alpha value is -3.03. The molecule has 142 valence electrons. The van der Waals surface area contributed by atoms with Crippen LogP contribution in [0, 0.1) is 5.92 Å². The van der Waals surface area contributed by atoms with E-state index in [-0.39, 0.29) is 5.92 Å². The molecule has 1 rings (SSSR count). The molecule has 0 aromatic heterocycles. The fourth-order valence-electron chi connectivity index (χ4n) is 1.82. The second-order valence-electron chi connectivity index (χ2n) is 5.70. The van der Waals surface area contributed by atoms with E-state index in [0.717, 1.165) is 6.08 Å². The summed E-state index contributed by atoms with van der Waals surface area (Å²) in [5.74, 6) is -0.0352. The van der Waals surface area contributed by atoms with Gasteiger partial charge >= 0.3 is 12.0 Å². The Kier molecular flexibility index (Phi) is 8.69. The first kappa shape index (κ1) is 21.0.